The topological polar surface area (TPSA) is 118 Å². The highest BCUT2D eigenvalue weighted by Gasteiger charge is 2.29. The van der Waals surface area contributed by atoms with Crippen LogP contribution in [0.5, 0.6) is 0 Å². The number of nitrogens with zero attached hydrogens (tertiary/aromatic N) is 1. The van der Waals surface area contributed by atoms with Crippen LogP contribution in [0.15, 0.2) is 66.9 Å². The Morgan fingerprint density at radius 3 is 2.38 bits per heavy atom. The number of fused-ring (bicyclic) bond motifs is 3. The average molecular weight is 449 g/mol. The first-order valence-electron chi connectivity index (χ1n) is 9.78. The summed E-state index contributed by atoms with van der Waals surface area (Å²) < 4.78 is 5.47. The molecule has 0 saturated heterocycles. The molecule has 1 aromatic heterocycles. The second kappa shape index (κ2) is 9.44. The summed E-state index contributed by atoms with van der Waals surface area (Å²) >= 11 is 0.993. The summed E-state index contributed by atoms with van der Waals surface area (Å²) in [6.45, 7) is 0.243. The van der Waals surface area contributed by atoms with Gasteiger partial charge in [-0.05, 0) is 22.3 Å². The standard InChI is InChI=1S/C23H19N3O5S/c27-20(28)10-5-11-24-21(29)19-12-25-22(32-19)26-23(30)31-13-18-16-8-3-1-6-14(16)15-7-2-4-9-17(15)18/h1-10,12,18H,11,13H2,(H,24,29)(H,27,28)(H,25,26,30)/b10-5+. The average Bonchev–Trinajstić information content (AvgIpc) is 3.38. The number of aliphatic carboxylic acids is 1. The molecule has 162 valence electrons. The molecule has 0 fully saturated rings. The number of ether oxygens (including phenoxy) is 1. The molecule has 2 amide bonds. The first kappa shape index (κ1) is 21.3. The molecule has 1 aliphatic carbocycles. The van der Waals surface area contributed by atoms with Crippen LogP contribution in [-0.4, -0.2) is 41.2 Å². The Kier molecular flexibility index (Phi) is 6.27. The quantitative estimate of drug-likeness (QED) is 0.471. The van der Waals surface area contributed by atoms with Gasteiger partial charge >= 0.3 is 12.1 Å². The van der Waals surface area contributed by atoms with Crippen molar-refractivity contribution in [2.75, 3.05) is 18.5 Å². The largest absolute Gasteiger partial charge is 0.478 e. The van der Waals surface area contributed by atoms with Crippen LogP contribution in [0.3, 0.4) is 0 Å². The SMILES string of the molecule is O=C(O)/C=C/CNC(=O)c1cnc(NC(=O)OCC2c3ccccc3-c3ccccc32)s1. The number of carboxylic acids is 1. The molecule has 0 spiro atoms. The van der Waals surface area contributed by atoms with Crippen molar-refractivity contribution in [1.29, 1.82) is 0 Å². The Morgan fingerprint density at radius 2 is 1.72 bits per heavy atom. The van der Waals surface area contributed by atoms with Crippen LogP contribution in [-0.2, 0) is 9.53 Å². The van der Waals surface area contributed by atoms with Gasteiger partial charge in [0, 0.05) is 18.5 Å². The summed E-state index contributed by atoms with van der Waals surface area (Å²) in [4.78, 5) is 39.1. The molecule has 4 rings (SSSR count). The number of nitrogens with one attached hydrogen (secondary N) is 2. The Hall–Kier alpha value is -3.98. The number of rotatable bonds is 7. The minimum absolute atomic E-state index is 0.0513. The fourth-order valence-corrected chi connectivity index (χ4v) is 4.28. The highest BCUT2D eigenvalue weighted by Crippen LogP contribution is 2.44. The summed E-state index contributed by atoms with van der Waals surface area (Å²) in [5.74, 6) is -1.56. The summed E-state index contributed by atoms with van der Waals surface area (Å²) in [6, 6.07) is 16.1. The number of hydrogen-bond donors (Lipinski definition) is 3. The van der Waals surface area contributed by atoms with Crippen LogP contribution in [0.25, 0.3) is 11.1 Å². The second-order valence-corrected chi connectivity index (χ2v) is 7.96. The number of hydrogen-bond acceptors (Lipinski definition) is 6. The molecule has 9 heteroatoms. The fourth-order valence-electron chi connectivity index (χ4n) is 3.56. The van der Waals surface area contributed by atoms with Crippen LogP contribution >= 0.6 is 11.3 Å². The van der Waals surface area contributed by atoms with E-state index in [4.69, 9.17) is 9.84 Å². The summed E-state index contributed by atoms with van der Waals surface area (Å²) in [7, 11) is 0. The molecule has 0 bridgehead atoms. The van der Waals surface area contributed by atoms with Crippen LogP contribution in [0.1, 0.15) is 26.7 Å². The zero-order valence-corrected chi connectivity index (χ0v) is 17.6. The van der Waals surface area contributed by atoms with Crippen molar-refractivity contribution in [3.05, 3.63) is 82.9 Å². The molecule has 2 aromatic carbocycles. The Balaban J connectivity index is 1.33. The number of amides is 2. The van der Waals surface area contributed by atoms with Crippen LogP contribution < -0.4 is 10.6 Å². The third-order valence-electron chi connectivity index (χ3n) is 4.92. The minimum Gasteiger partial charge on any atom is -0.478 e. The lowest BCUT2D eigenvalue weighted by atomic mass is 9.98. The van der Waals surface area contributed by atoms with E-state index in [1.807, 2.05) is 36.4 Å². The Morgan fingerprint density at radius 1 is 1.06 bits per heavy atom. The van der Waals surface area contributed by atoms with E-state index in [2.05, 4.69) is 27.8 Å². The molecule has 8 nitrogen and oxygen atoms in total. The van der Waals surface area contributed by atoms with Gasteiger partial charge in [0.1, 0.15) is 11.5 Å². The summed E-state index contributed by atoms with van der Waals surface area (Å²) in [5.41, 5.74) is 4.52. The van der Waals surface area contributed by atoms with E-state index in [9.17, 15) is 14.4 Å². The third kappa shape index (κ3) is 4.68. The number of benzene rings is 2. The van der Waals surface area contributed by atoms with Gasteiger partial charge in [-0.2, -0.15) is 0 Å². The van der Waals surface area contributed by atoms with Crippen molar-refractivity contribution in [2.24, 2.45) is 0 Å². The first-order chi connectivity index (χ1) is 15.5. The van der Waals surface area contributed by atoms with E-state index in [0.29, 0.717) is 0 Å². The lowest BCUT2D eigenvalue weighted by Crippen LogP contribution is -2.22. The molecular formula is C23H19N3O5S. The van der Waals surface area contributed by atoms with Gasteiger partial charge in [0.05, 0.1) is 6.20 Å². The first-order valence-corrected chi connectivity index (χ1v) is 10.6. The predicted octanol–water partition coefficient (Wildman–Crippen LogP) is 3.87. The van der Waals surface area contributed by atoms with Gasteiger partial charge < -0.3 is 15.2 Å². The van der Waals surface area contributed by atoms with Crippen molar-refractivity contribution >= 4 is 34.4 Å². The van der Waals surface area contributed by atoms with Crippen LogP contribution in [0, 0.1) is 0 Å². The van der Waals surface area contributed by atoms with Crippen molar-refractivity contribution in [1.82, 2.24) is 10.3 Å². The second-order valence-electron chi connectivity index (χ2n) is 6.93. The number of aromatic nitrogens is 1. The monoisotopic (exact) mass is 449 g/mol. The number of thiazole rings is 1. The maximum atomic E-state index is 12.3. The number of carbonyl (C=O) groups is 3. The fraction of sp³-hybridized carbons (Fsp3) is 0.130. The van der Waals surface area contributed by atoms with Crippen molar-refractivity contribution in [3.63, 3.8) is 0 Å². The Bertz CT molecular complexity index is 1160. The third-order valence-corrected chi connectivity index (χ3v) is 5.83. The Labute approximate surface area is 187 Å². The molecule has 32 heavy (non-hydrogen) atoms. The molecule has 1 aliphatic rings. The smallest absolute Gasteiger partial charge is 0.413 e. The van der Waals surface area contributed by atoms with E-state index >= 15 is 0 Å². The van der Waals surface area contributed by atoms with E-state index in [0.717, 1.165) is 39.7 Å². The molecule has 0 radical (unpaired) electrons. The molecular weight excluding hydrogens is 430 g/mol. The molecule has 0 atom stereocenters. The van der Waals surface area contributed by atoms with Crippen molar-refractivity contribution < 1.29 is 24.2 Å². The van der Waals surface area contributed by atoms with Gasteiger partial charge in [-0.25, -0.2) is 14.6 Å². The molecule has 3 aromatic rings. The van der Waals surface area contributed by atoms with Gasteiger partial charge in [-0.15, -0.1) is 0 Å². The van der Waals surface area contributed by atoms with Crippen molar-refractivity contribution in [3.8, 4) is 11.1 Å². The minimum atomic E-state index is -1.09. The molecule has 1 heterocycles. The number of carbonyl (C=O) groups excluding carboxylic acids is 2. The summed E-state index contributed by atoms with van der Waals surface area (Å²) in [5, 5.41) is 13.8. The van der Waals surface area contributed by atoms with Crippen LogP contribution in [0.4, 0.5) is 9.93 Å². The van der Waals surface area contributed by atoms with Gasteiger partial charge in [0.2, 0.25) is 0 Å². The predicted molar refractivity (Wildman–Crippen MR) is 120 cm³/mol. The van der Waals surface area contributed by atoms with Gasteiger partial charge in [-0.3, -0.25) is 10.1 Å². The lowest BCUT2D eigenvalue weighted by Gasteiger charge is -2.14. The molecule has 0 saturated carbocycles. The maximum Gasteiger partial charge on any atom is 0.413 e. The molecule has 3 N–H and O–H groups in total. The van der Waals surface area contributed by atoms with E-state index < -0.39 is 18.0 Å². The highest BCUT2D eigenvalue weighted by atomic mass is 32.1. The van der Waals surface area contributed by atoms with Gasteiger partial charge in [0.25, 0.3) is 5.91 Å². The lowest BCUT2D eigenvalue weighted by molar-refractivity contribution is -0.131. The zero-order valence-electron chi connectivity index (χ0n) is 16.8. The normalized spacial score (nSPS) is 12.2. The number of anilines is 1. The van der Waals surface area contributed by atoms with Crippen LogP contribution in [0.2, 0.25) is 0 Å². The van der Waals surface area contributed by atoms with Crippen molar-refractivity contribution in [2.45, 2.75) is 5.92 Å². The highest BCUT2D eigenvalue weighted by molar-refractivity contribution is 7.17. The van der Waals surface area contributed by atoms with Gasteiger partial charge in [-0.1, -0.05) is 65.9 Å². The van der Waals surface area contributed by atoms with Gasteiger partial charge in [0.15, 0.2) is 5.13 Å². The molecule has 0 unspecified atom stereocenters. The number of carboxylic acid groups (broad SMARTS) is 1. The van der Waals surface area contributed by atoms with E-state index in [1.54, 1.807) is 0 Å². The van der Waals surface area contributed by atoms with E-state index in [1.165, 1.54) is 12.3 Å². The summed E-state index contributed by atoms with van der Waals surface area (Å²) in [6.07, 6.45) is 2.94. The maximum absolute atomic E-state index is 12.3. The van der Waals surface area contributed by atoms with E-state index in [-0.39, 0.29) is 29.1 Å². The molecule has 0 aliphatic heterocycles. The zero-order chi connectivity index (χ0) is 22.5.